The van der Waals surface area contributed by atoms with Crippen molar-refractivity contribution in [3.05, 3.63) is 94.5 Å². The van der Waals surface area contributed by atoms with Gasteiger partial charge in [-0.2, -0.15) is 0 Å². The molecule has 2 aliphatic heterocycles. The number of esters is 1. The number of rotatable bonds is 3. The molecule has 5 heteroatoms. The fourth-order valence-electron chi connectivity index (χ4n) is 4.79. The first-order valence-electron chi connectivity index (χ1n) is 10.1. The summed E-state index contributed by atoms with van der Waals surface area (Å²) in [5.74, 6) is 1.97. The molecule has 0 radical (unpaired) electrons. The Morgan fingerprint density at radius 3 is 2.43 bits per heavy atom. The minimum Gasteiger partial charge on any atom is -0.457 e. The summed E-state index contributed by atoms with van der Waals surface area (Å²) in [7, 11) is 2.15. The molecule has 3 aromatic carbocycles. The number of ether oxygens (including phenoxy) is 2. The van der Waals surface area contributed by atoms with E-state index in [1.807, 2.05) is 48.5 Å². The van der Waals surface area contributed by atoms with Crippen LogP contribution in [0.25, 0.3) is 0 Å². The van der Waals surface area contributed by atoms with Crippen LogP contribution in [0.15, 0.2) is 72.8 Å². The van der Waals surface area contributed by atoms with Gasteiger partial charge in [0.25, 0.3) is 0 Å². The third-order valence-electron chi connectivity index (χ3n) is 6.19. The number of hydrogen-bond acceptors (Lipinski definition) is 3. The lowest BCUT2D eigenvalue weighted by atomic mass is 9.84. The molecule has 0 aliphatic carbocycles. The van der Waals surface area contributed by atoms with Crippen LogP contribution in [0, 0.1) is 0 Å². The van der Waals surface area contributed by atoms with E-state index < -0.39 is 0 Å². The van der Waals surface area contributed by atoms with E-state index in [-0.39, 0.29) is 17.8 Å². The highest BCUT2D eigenvalue weighted by atomic mass is 35.5. The molecular formula is C25H23ClNO3+. The second kappa shape index (κ2) is 7.46. The highest BCUT2D eigenvalue weighted by Gasteiger charge is 2.48. The lowest BCUT2D eigenvalue weighted by Crippen LogP contribution is -2.44. The lowest BCUT2D eigenvalue weighted by molar-refractivity contribution is -0.915. The molecule has 152 valence electrons. The summed E-state index contributed by atoms with van der Waals surface area (Å²) in [6.45, 7) is 2.04. The molecule has 1 fully saturated rings. The number of carbonyl (C=O) groups is 1. The van der Waals surface area contributed by atoms with Gasteiger partial charge in [0.1, 0.15) is 11.5 Å². The van der Waals surface area contributed by atoms with Crippen LogP contribution in [-0.4, -0.2) is 37.3 Å². The number of halogens is 1. The largest absolute Gasteiger partial charge is 0.457 e. The van der Waals surface area contributed by atoms with Gasteiger partial charge in [0.2, 0.25) is 6.73 Å². The predicted octanol–water partition coefficient (Wildman–Crippen LogP) is 5.59. The maximum Gasteiger partial charge on any atom is 0.342 e. The zero-order valence-corrected chi connectivity index (χ0v) is 17.5. The van der Waals surface area contributed by atoms with Crippen molar-refractivity contribution in [2.24, 2.45) is 0 Å². The standard InChI is InChI=1S/C25H23ClNO3/c1-27(16-29-25(28)17-7-3-2-4-8-17)14-21-19-9-5-6-10-23(19)30-24-12-11-18(26)13-20(24)22(21)15-27/h2-13,21-22H,14-16H2,1H3/q+1. The van der Waals surface area contributed by atoms with E-state index in [9.17, 15) is 4.79 Å². The van der Waals surface area contributed by atoms with Crippen molar-refractivity contribution < 1.29 is 18.8 Å². The highest BCUT2D eigenvalue weighted by Crippen LogP contribution is 2.51. The Bertz CT molecular complexity index is 1100. The molecule has 0 N–H and O–H groups in total. The van der Waals surface area contributed by atoms with Gasteiger partial charge in [-0.1, -0.05) is 48.0 Å². The van der Waals surface area contributed by atoms with E-state index in [4.69, 9.17) is 21.1 Å². The Balaban J connectivity index is 1.45. The molecule has 0 bridgehead atoms. The third-order valence-corrected chi connectivity index (χ3v) is 6.42. The van der Waals surface area contributed by atoms with Gasteiger partial charge >= 0.3 is 5.97 Å². The average Bonchev–Trinajstić information content (AvgIpc) is 3.06. The van der Waals surface area contributed by atoms with Gasteiger partial charge in [0, 0.05) is 28.0 Å². The summed E-state index contributed by atoms with van der Waals surface area (Å²) in [6, 6.07) is 23.2. The molecule has 3 aromatic rings. The topological polar surface area (TPSA) is 35.5 Å². The Labute approximate surface area is 181 Å². The predicted molar refractivity (Wildman–Crippen MR) is 116 cm³/mol. The third kappa shape index (κ3) is 3.47. The Morgan fingerprint density at radius 1 is 0.967 bits per heavy atom. The maximum absolute atomic E-state index is 12.5. The van der Waals surface area contributed by atoms with E-state index in [0.717, 1.165) is 30.2 Å². The quantitative estimate of drug-likeness (QED) is 0.409. The molecule has 3 unspecified atom stereocenters. The number of para-hydroxylation sites is 1. The average molecular weight is 421 g/mol. The van der Waals surface area contributed by atoms with Crippen LogP contribution in [-0.2, 0) is 4.74 Å². The maximum atomic E-state index is 12.5. The number of nitrogens with zero attached hydrogens (tertiary/aromatic N) is 1. The van der Waals surface area contributed by atoms with Crippen molar-refractivity contribution in [1.82, 2.24) is 0 Å². The molecule has 30 heavy (non-hydrogen) atoms. The van der Waals surface area contributed by atoms with Crippen LogP contribution in [0.3, 0.4) is 0 Å². The molecule has 1 saturated heterocycles. The molecule has 2 heterocycles. The number of likely N-dealkylation sites (N-methyl/N-ethyl adjacent to an activating group) is 1. The SMILES string of the molecule is C[N+]1(COC(=O)c2ccccc2)CC2c3ccccc3Oc3ccc(Cl)cc3C2C1. The number of quaternary nitrogens is 1. The summed E-state index contributed by atoms with van der Waals surface area (Å²) >= 11 is 6.34. The monoisotopic (exact) mass is 420 g/mol. The molecule has 2 aliphatic rings. The van der Waals surface area contributed by atoms with Gasteiger partial charge in [-0.25, -0.2) is 4.79 Å². The molecular weight excluding hydrogens is 398 g/mol. The van der Waals surface area contributed by atoms with Crippen molar-refractivity contribution in [2.45, 2.75) is 11.8 Å². The van der Waals surface area contributed by atoms with E-state index in [0.29, 0.717) is 21.8 Å². The Kier molecular flexibility index (Phi) is 4.76. The fraction of sp³-hybridized carbons (Fsp3) is 0.240. The molecule has 0 saturated carbocycles. The van der Waals surface area contributed by atoms with Crippen molar-refractivity contribution >= 4 is 17.6 Å². The van der Waals surface area contributed by atoms with Crippen LogP contribution in [0.5, 0.6) is 11.5 Å². The number of carbonyl (C=O) groups excluding carboxylic acids is 1. The minimum atomic E-state index is -0.283. The summed E-state index contributed by atoms with van der Waals surface area (Å²) in [6.07, 6.45) is 0. The van der Waals surface area contributed by atoms with Gasteiger partial charge in [-0.15, -0.1) is 0 Å². The number of likely N-dealkylation sites (tertiary alicyclic amines) is 1. The summed E-state index contributed by atoms with van der Waals surface area (Å²) in [4.78, 5) is 12.5. The zero-order chi connectivity index (χ0) is 20.7. The first-order valence-corrected chi connectivity index (χ1v) is 10.5. The smallest absolute Gasteiger partial charge is 0.342 e. The highest BCUT2D eigenvalue weighted by molar-refractivity contribution is 6.30. The van der Waals surface area contributed by atoms with Crippen LogP contribution in [0.1, 0.15) is 33.3 Å². The van der Waals surface area contributed by atoms with Gasteiger partial charge in [-0.3, -0.25) is 4.48 Å². The summed E-state index contributed by atoms with van der Waals surface area (Å²) < 4.78 is 12.6. The Hall–Kier alpha value is -2.82. The normalized spacial score (nSPS) is 24.1. The first-order chi connectivity index (χ1) is 14.5. The summed E-state index contributed by atoms with van der Waals surface area (Å²) in [5, 5.41) is 0.707. The van der Waals surface area contributed by atoms with Crippen LogP contribution >= 0.6 is 11.6 Å². The van der Waals surface area contributed by atoms with Gasteiger partial charge in [-0.05, 0) is 36.4 Å². The zero-order valence-electron chi connectivity index (χ0n) is 16.8. The van der Waals surface area contributed by atoms with Crippen LogP contribution < -0.4 is 4.74 Å². The number of benzene rings is 3. The van der Waals surface area contributed by atoms with Crippen LogP contribution in [0.2, 0.25) is 5.02 Å². The van der Waals surface area contributed by atoms with Gasteiger partial charge < -0.3 is 9.47 Å². The molecule has 0 amide bonds. The fourth-order valence-corrected chi connectivity index (χ4v) is 4.97. The van der Waals surface area contributed by atoms with E-state index in [1.54, 1.807) is 12.1 Å². The van der Waals surface area contributed by atoms with Gasteiger partial charge in [0.15, 0.2) is 0 Å². The van der Waals surface area contributed by atoms with Crippen LogP contribution in [0.4, 0.5) is 0 Å². The Morgan fingerprint density at radius 2 is 1.63 bits per heavy atom. The molecule has 3 atom stereocenters. The summed E-state index contributed by atoms with van der Waals surface area (Å²) in [5.41, 5.74) is 2.90. The van der Waals surface area contributed by atoms with Crippen molar-refractivity contribution in [1.29, 1.82) is 0 Å². The minimum absolute atomic E-state index is 0.239. The molecule has 4 nitrogen and oxygen atoms in total. The number of fused-ring (bicyclic) bond motifs is 5. The van der Waals surface area contributed by atoms with E-state index in [2.05, 4.69) is 19.2 Å². The van der Waals surface area contributed by atoms with Crippen molar-refractivity contribution in [3.63, 3.8) is 0 Å². The molecule has 0 spiro atoms. The van der Waals surface area contributed by atoms with E-state index in [1.165, 1.54) is 5.56 Å². The van der Waals surface area contributed by atoms with Crippen molar-refractivity contribution in [2.75, 3.05) is 26.9 Å². The van der Waals surface area contributed by atoms with Gasteiger partial charge in [0.05, 0.1) is 25.7 Å². The second-order valence-electron chi connectivity index (χ2n) is 8.45. The number of hydrogen-bond donors (Lipinski definition) is 0. The first kappa shape index (κ1) is 19.2. The molecule has 5 rings (SSSR count). The van der Waals surface area contributed by atoms with E-state index >= 15 is 0 Å². The van der Waals surface area contributed by atoms with Crippen molar-refractivity contribution in [3.8, 4) is 11.5 Å². The lowest BCUT2D eigenvalue weighted by Gasteiger charge is -2.29. The second-order valence-corrected chi connectivity index (χ2v) is 8.88. The molecule has 0 aromatic heterocycles.